The molecular weight excluding hydrogens is 450 g/mol. The van der Waals surface area contributed by atoms with Crippen LogP contribution in [-0.2, 0) is 16.6 Å². The van der Waals surface area contributed by atoms with Crippen LogP contribution in [0.4, 0.5) is 11.6 Å². The summed E-state index contributed by atoms with van der Waals surface area (Å²) in [5.74, 6) is 0.488. The van der Waals surface area contributed by atoms with Gasteiger partial charge in [-0.1, -0.05) is 19.1 Å². The van der Waals surface area contributed by atoms with E-state index in [2.05, 4.69) is 31.8 Å². The van der Waals surface area contributed by atoms with Gasteiger partial charge in [-0.2, -0.15) is 0 Å². The van der Waals surface area contributed by atoms with E-state index in [1.807, 2.05) is 24.3 Å². The van der Waals surface area contributed by atoms with Gasteiger partial charge in [-0.15, -0.1) is 0 Å². The minimum absolute atomic E-state index is 0.00984. The number of carbonyl (C=O) groups is 1. The number of carbonyl (C=O) groups excluding carboxylic acids is 1. The molecule has 9 heteroatoms. The van der Waals surface area contributed by atoms with Gasteiger partial charge in [-0.3, -0.25) is 9.69 Å². The maximum atomic E-state index is 12.6. The number of hydrogen-bond acceptors (Lipinski definition) is 6. The van der Waals surface area contributed by atoms with Crippen LogP contribution in [0.3, 0.4) is 0 Å². The lowest BCUT2D eigenvalue weighted by Gasteiger charge is -2.30. The molecule has 0 spiro atoms. The number of likely N-dealkylation sites (tertiary alicyclic amines) is 1. The molecule has 2 heterocycles. The summed E-state index contributed by atoms with van der Waals surface area (Å²) in [6.07, 6.45) is 4.01. The number of sulfonamides is 1. The fraction of sp³-hybridized carbons (Fsp3) is 0.320. The van der Waals surface area contributed by atoms with E-state index in [-0.39, 0.29) is 16.8 Å². The summed E-state index contributed by atoms with van der Waals surface area (Å²) in [5.41, 5.74) is 2.89. The molecule has 2 N–H and O–H groups in total. The second-order valence-electron chi connectivity index (χ2n) is 8.79. The van der Waals surface area contributed by atoms with Crippen molar-refractivity contribution in [2.45, 2.75) is 38.1 Å². The van der Waals surface area contributed by atoms with Gasteiger partial charge in [0, 0.05) is 36.2 Å². The number of rotatable bonds is 7. The Kier molecular flexibility index (Phi) is 7.23. The van der Waals surface area contributed by atoms with Crippen molar-refractivity contribution in [3.8, 4) is 0 Å². The average molecular weight is 480 g/mol. The highest BCUT2D eigenvalue weighted by molar-refractivity contribution is 7.92. The summed E-state index contributed by atoms with van der Waals surface area (Å²) in [5, 5.41) is 2.81. The smallest absolute Gasteiger partial charge is 0.264 e. The third kappa shape index (κ3) is 6.18. The molecule has 1 fully saturated rings. The van der Waals surface area contributed by atoms with Gasteiger partial charge in [0.2, 0.25) is 5.95 Å². The Bertz CT molecular complexity index is 1240. The average Bonchev–Trinajstić information content (AvgIpc) is 2.80. The zero-order valence-electron chi connectivity index (χ0n) is 19.4. The topological polar surface area (TPSA) is 104 Å². The lowest BCUT2D eigenvalue weighted by Crippen LogP contribution is -2.33. The van der Waals surface area contributed by atoms with Crippen LogP contribution in [0, 0.1) is 12.8 Å². The second-order valence-corrected chi connectivity index (χ2v) is 10.5. The fourth-order valence-electron chi connectivity index (χ4n) is 4.05. The van der Waals surface area contributed by atoms with Crippen LogP contribution in [0.5, 0.6) is 0 Å². The van der Waals surface area contributed by atoms with Gasteiger partial charge in [0.1, 0.15) is 0 Å². The highest BCUT2D eigenvalue weighted by atomic mass is 32.2. The third-order valence-corrected chi connectivity index (χ3v) is 7.15. The molecule has 1 amide bonds. The van der Waals surface area contributed by atoms with Crippen molar-refractivity contribution >= 4 is 27.6 Å². The Morgan fingerprint density at radius 2 is 1.82 bits per heavy atom. The first-order valence-electron chi connectivity index (χ1n) is 11.3. The van der Waals surface area contributed by atoms with Crippen molar-refractivity contribution in [3.05, 3.63) is 77.6 Å². The van der Waals surface area contributed by atoms with Crippen LogP contribution in [0.1, 0.15) is 41.4 Å². The summed E-state index contributed by atoms with van der Waals surface area (Å²) in [7, 11) is -3.84. The van der Waals surface area contributed by atoms with Crippen LogP contribution in [-0.4, -0.2) is 42.3 Å². The molecule has 1 atom stereocenters. The summed E-state index contributed by atoms with van der Waals surface area (Å²) < 4.78 is 27.5. The number of aryl methyl sites for hydroxylation is 1. The molecule has 4 rings (SSSR count). The minimum Gasteiger partial charge on any atom is -0.322 e. The van der Waals surface area contributed by atoms with E-state index in [9.17, 15) is 13.2 Å². The van der Waals surface area contributed by atoms with E-state index in [0.29, 0.717) is 16.9 Å². The van der Waals surface area contributed by atoms with Crippen LogP contribution in [0.15, 0.2) is 65.7 Å². The first kappa shape index (κ1) is 23.8. The monoisotopic (exact) mass is 479 g/mol. The predicted molar refractivity (Wildman–Crippen MR) is 132 cm³/mol. The van der Waals surface area contributed by atoms with Gasteiger partial charge in [-0.05, 0) is 80.3 Å². The molecule has 3 aromatic rings. The molecule has 0 bridgehead atoms. The highest BCUT2D eigenvalue weighted by Gasteiger charge is 2.17. The van der Waals surface area contributed by atoms with Crippen molar-refractivity contribution in [2.24, 2.45) is 5.92 Å². The number of nitrogens with one attached hydrogen (secondary N) is 2. The molecule has 0 aliphatic carbocycles. The molecule has 8 nitrogen and oxygen atoms in total. The SMILES string of the molecule is Cc1ccnc(NS(=O)(=O)c2ccc(NC(=O)c3ccc(CN4CCC[C@H](C)C4)cc3)cc2)n1. The lowest BCUT2D eigenvalue weighted by atomic mass is 9.99. The first-order chi connectivity index (χ1) is 16.3. The van der Waals surface area contributed by atoms with Crippen molar-refractivity contribution in [1.29, 1.82) is 0 Å². The standard InChI is InChI=1S/C25H29N5O3S/c1-18-4-3-15-30(16-18)17-20-5-7-21(8-6-20)24(31)28-22-9-11-23(12-10-22)34(32,33)29-25-26-14-13-19(2)27-25/h5-14,18H,3-4,15-17H2,1-2H3,(H,28,31)(H,26,27,29)/t18-/m0/s1. The minimum atomic E-state index is -3.84. The molecule has 2 aromatic carbocycles. The van der Waals surface area contributed by atoms with Gasteiger partial charge in [0.15, 0.2) is 0 Å². The predicted octanol–water partition coefficient (Wildman–Crippen LogP) is 4.07. The number of amides is 1. The van der Waals surface area contributed by atoms with Gasteiger partial charge in [0.05, 0.1) is 4.90 Å². The molecule has 0 radical (unpaired) electrons. The Morgan fingerprint density at radius 3 is 2.50 bits per heavy atom. The van der Waals surface area contributed by atoms with Gasteiger partial charge in [0.25, 0.3) is 15.9 Å². The Labute approximate surface area is 200 Å². The number of anilines is 2. The molecule has 34 heavy (non-hydrogen) atoms. The maximum Gasteiger partial charge on any atom is 0.264 e. The largest absolute Gasteiger partial charge is 0.322 e. The summed E-state index contributed by atoms with van der Waals surface area (Å²) in [6.45, 7) is 7.16. The number of hydrogen-bond donors (Lipinski definition) is 2. The highest BCUT2D eigenvalue weighted by Crippen LogP contribution is 2.19. The van der Waals surface area contributed by atoms with Crippen molar-refractivity contribution in [3.63, 3.8) is 0 Å². The van der Waals surface area contributed by atoms with Crippen LogP contribution in [0.25, 0.3) is 0 Å². The number of benzene rings is 2. The molecule has 0 saturated carbocycles. The van der Waals surface area contributed by atoms with Crippen molar-refractivity contribution < 1.29 is 13.2 Å². The van der Waals surface area contributed by atoms with E-state index in [1.54, 1.807) is 25.1 Å². The Morgan fingerprint density at radius 1 is 1.09 bits per heavy atom. The second kappa shape index (κ2) is 10.3. The van der Waals surface area contributed by atoms with E-state index in [4.69, 9.17) is 0 Å². The molecule has 0 unspecified atom stereocenters. The Hall–Kier alpha value is -3.30. The van der Waals surface area contributed by atoms with Crippen LogP contribution in [0.2, 0.25) is 0 Å². The normalized spacial score (nSPS) is 16.7. The summed E-state index contributed by atoms with van der Waals surface area (Å²) >= 11 is 0. The molecule has 1 aromatic heterocycles. The Balaban J connectivity index is 1.36. The number of nitrogens with zero attached hydrogens (tertiary/aromatic N) is 3. The molecule has 1 aliphatic heterocycles. The first-order valence-corrected chi connectivity index (χ1v) is 12.8. The van der Waals surface area contributed by atoms with Crippen LogP contribution >= 0.6 is 0 Å². The molecule has 178 valence electrons. The maximum absolute atomic E-state index is 12.6. The molecular formula is C25H29N5O3S. The van der Waals surface area contributed by atoms with Gasteiger partial charge >= 0.3 is 0 Å². The van der Waals surface area contributed by atoms with Crippen LogP contribution < -0.4 is 10.0 Å². The zero-order chi connectivity index (χ0) is 24.1. The van der Waals surface area contributed by atoms with E-state index >= 15 is 0 Å². The van der Waals surface area contributed by atoms with E-state index in [1.165, 1.54) is 36.7 Å². The van der Waals surface area contributed by atoms with E-state index < -0.39 is 10.0 Å². The summed E-state index contributed by atoms with van der Waals surface area (Å²) in [6, 6.07) is 15.3. The quantitative estimate of drug-likeness (QED) is 0.529. The number of piperidine rings is 1. The number of aromatic nitrogens is 2. The van der Waals surface area contributed by atoms with Crippen molar-refractivity contribution in [1.82, 2.24) is 14.9 Å². The van der Waals surface area contributed by atoms with E-state index in [0.717, 1.165) is 25.6 Å². The van der Waals surface area contributed by atoms with Gasteiger partial charge in [-0.25, -0.2) is 23.1 Å². The summed E-state index contributed by atoms with van der Waals surface area (Å²) in [4.78, 5) is 23.1. The third-order valence-electron chi connectivity index (χ3n) is 5.81. The van der Waals surface area contributed by atoms with Gasteiger partial charge < -0.3 is 5.32 Å². The lowest BCUT2D eigenvalue weighted by molar-refractivity contribution is 0.102. The fourth-order valence-corrected chi connectivity index (χ4v) is 5.00. The molecule has 1 aliphatic rings. The molecule has 1 saturated heterocycles. The van der Waals surface area contributed by atoms with Crippen molar-refractivity contribution in [2.75, 3.05) is 23.1 Å². The zero-order valence-corrected chi connectivity index (χ0v) is 20.2.